The van der Waals surface area contributed by atoms with Gasteiger partial charge in [0.15, 0.2) is 0 Å². The van der Waals surface area contributed by atoms with Crippen LogP contribution < -0.4 is 5.73 Å². The SMILES string of the molecule is Cc1ccc(Cn2c(C(C)C)nc3cc(N)ccc32)cc1. The van der Waals surface area contributed by atoms with E-state index >= 15 is 0 Å². The van der Waals surface area contributed by atoms with E-state index in [1.54, 1.807) is 0 Å². The number of nitrogens with two attached hydrogens (primary N) is 1. The van der Waals surface area contributed by atoms with Gasteiger partial charge < -0.3 is 10.3 Å². The summed E-state index contributed by atoms with van der Waals surface area (Å²) in [6, 6.07) is 14.6. The van der Waals surface area contributed by atoms with E-state index in [1.165, 1.54) is 11.1 Å². The largest absolute Gasteiger partial charge is 0.399 e. The second-order valence-corrected chi connectivity index (χ2v) is 5.94. The van der Waals surface area contributed by atoms with Gasteiger partial charge in [-0.1, -0.05) is 43.7 Å². The van der Waals surface area contributed by atoms with Crippen molar-refractivity contribution in [2.24, 2.45) is 0 Å². The van der Waals surface area contributed by atoms with Gasteiger partial charge in [-0.05, 0) is 30.7 Å². The average molecular weight is 279 g/mol. The van der Waals surface area contributed by atoms with Crippen LogP contribution in [-0.2, 0) is 6.54 Å². The molecule has 0 aliphatic heterocycles. The smallest absolute Gasteiger partial charge is 0.112 e. The number of imidazole rings is 1. The molecule has 3 aromatic rings. The molecular weight excluding hydrogens is 258 g/mol. The van der Waals surface area contributed by atoms with Crippen molar-refractivity contribution in [3.05, 3.63) is 59.4 Å². The maximum Gasteiger partial charge on any atom is 0.112 e. The highest BCUT2D eigenvalue weighted by Crippen LogP contribution is 2.24. The Hall–Kier alpha value is -2.29. The zero-order valence-corrected chi connectivity index (χ0v) is 12.8. The molecule has 3 heteroatoms. The summed E-state index contributed by atoms with van der Waals surface area (Å²) in [6.45, 7) is 7.30. The molecule has 0 amide bonds. The molecule has 0 radical (unpaired) electrons. The lowest BCUT2D eigenvalue weighted by Gasteiger charge is -2.12. The van der Waals surface area contributed by atoms with Gasteiger partial charge in [0.25, 0.3) is 0 Å². The fraction of sp³-hybridized carbons (Fsp3) is 0.278. The van der Waals surface area contributed by atoms with Gasteiger partial charge in [-0.15, -0.1) is 0 Å². The summed E-state index contributed by atoms with van der Waals surface area (Å²) in [6.07, 6.45) is 0. The molecule has 1 aromatic heterocycles. The Morgan fingerprint density at radius 2 is 1.81 bits per heavy atom. The van der Waals surface area contributed by atoms with E-state index < -0.39 is 0 Å². The van der Waals surface area contributed by atoms with E-state index in [1.807, 2.05) is 12.1 Å². The van der Waals surface area contributed by atoms with Crippen LogP contribution in [0, 0.1) is 6.92 Å². The monoisotopic (exact) mass is 279 g/mol. The molecule has 3 nitrogen and oxygen atoms in total. The standard InChI is InChI=1S/C18H21N3/c1-12(2)18-20-16-10-15(19)8-9-17(16)21(18)11-14-6-4-13(3)5-7-14/h4-10,12H,11,19H2,1-3H3. The van der Waals surface area contributed by atoms with Crippen molar-refractivity contribution in [2.75, 3.05) is 5.73 Å². The van der Waals surface area contributed by atoms with Gasteiger partial charge in [0, 0.05) is 18.2 Å². The summed E-state index contributed by atoms with van der Waals surface area (Å²) in [5.74, 6) is 1.49. The van der Waals surface area contributed by atoms with E-state index in [9.17, 15) is 0 Å². The van der Waals surface area contributed by atoms with Gasteiger partial charge in [-0.25, -0.2) is 4.98 Å². The van der Waals surface area contributed by atoms with Gasteiger partial charge in [0.1, 0.15) is 5.82 Å². The molecule has 0 bridgehead atoms. The first-order valence-electron chi connectivity index (χ1n) is 7.36. The Kier molecular flexibility index (Phi) is 3.42. The molecule has 3 rings (SSSR count). The summed E-state index contributed by atoms with van der Waals surface area (Å²) < 4.78 is 2.30. The number of anilines is 1. The predicted molar refractivity (Wildman–Crippen MR) is 88.5 cm³/mol. The highest BCUT2D eigenvalue weighted by atomic mass is 15.1. The fourth-order valence-electron chi connectivity index (χ4n) is 2.65. The molecule has 21 heavy (non-hydrogen) atoms. The van der Waals surface area contributed by atoms with Crippen molar-refractivity contribution in [1.29, 1.82) is 0 Å². The van der Waals surface area contributed by atoms with Gasteiger partial charge in [0.05, 0.1) is 11.0 Å². The number of hydrogen-bond donors (Lipinski definition) is 1. The second kappa shape index (κ2) is 5.24. The van der Waals surface area contributed by atoms with Crippen LogP contribution in [0.4, 0.5) is 5.69 Å². The van der Waals surface area contributed by atoms with Crippen molar-refractivity contribution >= 4 is 16.7 Å². The maximum absolute atomic E-state index is 5.88. The lowest BCUT2D eigenvalue weighted by atomic mass is 10.1. The average Bonchev–Trinajstić information content (AvgIpc) is 2.79. The van der Waals surface area contributed by atoms with E-state index in [0.29, 0.717) is 5.92 Å². The molecule has 1 heterocycles. The molecule has 0 aliphatic rings. The number of rotatable bonds is 3. The molecule has 2 N–H and O–H groups in total. The Bertz CT molecular complexity index is 767. The molecule has 0 unspecified atom stereocenters. The molecule has 0 atom stereocenters. The predicted octanol–water partition coefficient (Wildman–Crippen LogP) is 4.10. The third kappa shape index (κ3) is 2.64. The zero-order valence-electron chi connectivity index (χ0n) is 12.8. The van der Waals surface area contributed by atoms with Crippen molar-refractivity contribution < 1.29 is 0 Å². The van der Waals surface area contributed by atoms with E-state index in [0.717, 1.165) is 29.1 Å². The molecule has 0 aliphatic carbocycles. The summed E-state index contributed by atoms with van der Waals surface area (Å²) in [5.41, 5.74) is 11.3. The molecule has 0 fully saturated rings. The number of aromatic nitrogens is 2. The number of hydrogen-bond acceptors (Lipinski definition) is 2. The Morgan fingerprint density at radius 3 is 2.48 bits per heavy atom. The lowest BCUT2D eigenvalue weighted by molar-refractivity contribution is 0.683. The molecule has 0 saturated carbocycles. The lowest BCUT2D eigenvalue weighted by Crippen LogP contribution is -2.06. The first-order valence-corrected chi connectivity index (χ1v) is 7.36. The van der Waals surface area contributed by atoms with Crippen molar-refractivity contribution in [3.8, 4) is 0 Å². The Morgan fingerprint density at radius 1 is 1.10 bits per heavy atom. The van der Waals surface area contributed by atoms with Crippen molar-refractivity contribution in [3.63, 3.8) is 0 Å². The molecule has 108 valence electrons. The summed E-state index contributed by atoms with van der Waals surface area (Å²) in [5, 5.41) is 0. The second-order valence-electron chi connectivity index (χ2n) is 5.94. The van der Waals surface area contributed by atoms with Gasteiger partial charge in [0.2, 0.25) is 0 Å². The van der Waals surface area contributed by atoms with Gasteiger partial charge in [-0.2, -0.15) is 0 Å². The highest BCUT2D eigenvalue weighted by molar-refractivity contribution is 5.79. The maximum atomic E-state index is 5.88. The molecule has 2 aromatic carbocycles. The number of fused-ring (bicyclic) bond motifs is 1. The summed E-state index contributed by atoms with van der Waals surface area (Å²) in [7, 11) is 0. The number of benzene rings is 2. The van der Waals surface area contributed by atoms with Crippen LogP contribution in [0.1, 0.15) is 36.7 Å². The van der Waals surface area contributed by atoms with Crippen LogP contribution in [0.25, 0.3) is 11.0 Å². The topological polar surface area (TPSA) is 43.8 Å². The number of nitrogens with zero attached hydrogens (tertiary/aromatic N) is 2. The summed E-state index contributed by atoms with van der Waals surface area (Å²) in [4.78, 5) is 4.77. The van der Waals surface area contributed by atoms with E-state index in [-0.39, 0.29) is 0 Å². The first-order chi connectivity index (χ1) is 10.0. The molecule has 0 saturated heterocycles. The van der Waals surface area contributed by atoms with E-state index in [2.05, 4.69) is 55.7 Å². The normalized spacial score (nSPS) is 11.4. The minimum atomic E-state index is 0.379. The minimum absolute atomic E-state index is 0.379. The fourth-order valence-corrected chi connectivity index (χ4v) is 2.65. The van der Waals surface area contributed by atoms with Crippen LogP contribution in [0.5, 0.6) is 0 Å². The Balaban J connectivity index is 2.10. The third-order valence-corrected chi connectivity index (χ3v) is 3.78. The van der Waals surface area contributed by atoms with Crippen molar-refractivity contribution in [2.45, 2.75) is 33.2 Å². The number of nitrogen functional groups attached to an aromatic ring is 1. The van der Waals surface area contributed by atoms with Crippen LogP contribution in [0.3, 0.4) is 0 Å². The third-order valence-electron chi connectivity index (χ3n) is 3.78. The minimum Gasteiger partial charge on any atom is -0.399 e. The molecular formula is C18H21N3. The van der Waals surface area contributed by atoms with Crippen LogP contribution in [0.15, 0.2) is 42.5 Å². The molecule has 0 spiro atoms. The van der Waals surface area contributed by atoms with Crippen LogP contribution in [-0.4, -0.2) is 9.55 Å². The van der Waals surface area contributed by atoms with Gasteiger partial charge >= 0.3 is 0 Å². The highest BCUT2D eigenvalue weighted by Gasteiger charge is 2.14. The van der Waals surface area contributed by atoms with Crippen LogP contribution in [0.2, 0.25) is 0 Å². The quantitative estimate of drug-likeness (QED) is 0.734. The summed E-state index contributed by atoms with van der Waals surface area (Å²) >= 11 is 0. The zero-order chi connectivity index (χ0) is 15.0. The van der Waals surface area contributed by atoms with Gasteiger partial charge in [-0.3, -0.25) is 0 Å². The number of aryl methyl sites for hydroxylation is 1. The first kappa shape index (κ1) is 13.7. The van der Waals surface area contributed by atoms with Crippen molar-refractivity contribution in [1.82, 2.24) is 9.55 Å². The van der Waals surface area contributed by atoms with E-state index in [4.69, 9.17) is 10.7 Å². The van der Waals surface area contributed by atoms with Crippen LogP contribution >= 0.6 is 0 Å². The Labute approximate surface area is 125 Å².